The van der Waals surface area contributed by atoms with Gasteiger partial charge in [-0.05, 0) is 69.6 Å². The van der Waals surface area contributed by atoms with Crippen molar-refractivity contribution in [3.05, 3.63) is 34.9 Å². The third-order valence-electron chi connectivity index (χ3n) is 6.52. The van der Waals surface area contributed by atoms with Gasteiger partial charge in [-0.1, -0.05) is 18.6 Å². The maximum atomic E-state index is 12.9. The second-order valence-corrected chi connectivity index (χ2v) is 10.4. The van der Waals surface area contributed by atoms with Crippen molar-refractivity contribution in [3.8, 4) is 0 Å². The number of carboxylic acids is 1. The van der Waals surface area contributed by atoms with Gasteiger partial charge in [-0.15, -0.1) is 0 Å². The molecule has 5 N–H and O–H groups in total. The number of carboxylic acid groups (broad SMARTS) is 1. The Kier molecular flexibility index (Phi) is 8.04. The molecule has 35 heavy (non-hydrogen) atoms. The zero-order valence-electron chi connectivity index (χ0n) is 20.5. The van der Waals surface area contributed by atoms with E-state index >= 15 is 0 Å². The molecular weight excluding hydrogens is 454 g/mol. The monoisotopic (exact) mass is 489 g/mol. The number of carbonyl (C=O) groups is 4. The lowest BCUT2D eigenvalue weighted by molar-refractivity contribution is -0.137. The molecule has 1 heterocycles. The highest BCUT2D eigenvalue weighted by molar-refractivity contribution is 6.01. The fourth-order valence-electron chi connectivity index (χ4n) is 4.94. The van der Waals surface area contributed by atoms with Gasteiger partial charge < -0.3 is 30.9 Å². The van der Waals surface area contributed by atoms with Gasteiger partial charge in [0.05, 0.1) is 12.1 Å². The van der Waals surface area contributed by atoms with Crippen LogP contribution in [-0.2, 0) is 27.3 Å². The standard InChI is InChI=1S/C25H35N3O7/c1-25(2,3)35-24(34)27-21-15(5-4-6-19(21)29)11-14-7-8-17-16(12-14)13-28(23(17)33)18(22(26)32)9-10-20(30)31/h7-8,12,15,18-19,21,29H,4-6,9-11,13H2,1-3H3,(H2,26,32)(H,27,34)(H,30,31)/t15-,18+,19+,21-/m1/s1. The molecule has 0 bridgehead atoms. The summed E-state index contributed by atoms with van der Waals surface area (Å²) in [4.78, 5) is 49.5. The fraction of sp³-hybridized carbons (Fsp3) is 0.600. The number of benzene rings is 1. The minimum atomic E-state index is -1.06. The largest absolute Gasteiger partial charge is 0.481 e. The molecule has 3 amide bonds. The first-order valence-electron chi connectivity index (χ1n) is 12.0. The van der Waals surface area contributed by atoms with Crippen LogP contribution >= 0.6 is 0 Å². The number of nitrogens with two attached hydrogens (primary N) is 1. The second-order valence-electron chi connectivity index (χ2n) is 10.4. The summed E-state index contributed by atoms with van der Waals surface area (Å²) in [5.41, 5.74) is 6.96. The zero-order valence-corrected chi connectivity index (χ0v) is 20.5. The number of carbonyl (C=O) groups excluding carboxylic acids is 3. The number of nitrogens with one attached hydrogen (secondary N) is 1. The molecule has 4 atom stereocenters. The number of fused-ring (bicyclic) bond motifs is 1. The Morgan fingerprint density at radius 2 is 1.97 bits per heavy atom. The smallest absolute Gasteiger partial charge is 0.407 e. The molecule has 10 heteroatoms. The maximum Gasteiger partial charge on any atom is 0.407 e. The van der Waals surface area contributed by atoms with Crippen LogP contribution in [0.5, 0.6) is 0 Å². The Bertz CT molecular complexity index is 988. The molecule has 1 aromatic rings. The van der Waals surface area contributed by atoms with E-state index in [2.05, 4.69) is 5.32 Å². The van der Waals surface area contributed by atoms with Crippen LogP contribution in [0.3, 0.4) is 0 Å². The van der Waals surface area contributed by atoms with Crippen LogP contribution in [0.25, 0.3) is 0 Å². The van der Waals surface area contributed by atoms with Crippen LogP contribution in [-0.4, -0.2) is 62.8 Å². The highest BCUT2D eigenvalue weighted by atomic mass is 16.6. The van der Waals surface area contributed by atoms with Crippen molar-refractivity contribution in [3.63, 3.8) is 0 Å². The molecule has 3 rings (SSSR count). The average Bonchev–Trinajstić information content (AvgIpc) is 3.04. The first-order chi connectivity index (χ1) is 16.4. The predicted octanol–water partition coefficient (Wildman–Crippen LogP) is 1.96. The number of hydrogen-bond donors (Lipinski definition) is 4. The summed E-state index contributed by atoms with van der Waals surface area (Å²) in [6.45, 7) is 5.50. The Balaban J connectivity index is 1.73. The summed E-state index contributed by atoms with van der Waals surface area (Å²) < 4.78 is 5.37. The van der Waals surface area contributed by atoms with Crippen LogP contribution in [0.1, 0.15) is 74.4 Å². The Hall–Kier alpha value is -3.14. The van der Waals surface area contributed by atoms with E-state index in [1.807, 2.05) is 12.1 Å². The summed E-state index contributed by atoms with van der Waals surface area (Å²) in [5.74, 6) is -2.17. The number of amides is 3. The molecule has 1 aliphatic carbocycles. The lowest BCUT2D eigenvalue weighted by Crippen LogP contribution is -2.52. The molecule has 192 valence electrons. The summed E-state index contributed by atoms with van der Waals surface area (Å²) in [5, 5.41) is 22.4. The van der Waals surface area contributed by atoms with Gasteiger partial charge in [-0.25, -0.2) is 4.79 Å². The van der Waals surface area contributed by atoms with E-state index in [9.17, 15) is 24.3 Å². The lowest BCUT2D eigenvalue weighted by atomic mass is 9.79. The molecule has 0 unspecified atom stereocenters. The normalized spacial score (nSPS) is 22.9. The molecule has 1 aliphatic heterocycles. The molecule has 1 fully saturated rings. The van der Waals surface area contributed by atoms with Crippen LogP contribution in [0, 0.1) is 5.92 Å². The van der Waals surface area contributed by atoms with E-state index in [-0.39, 0.29) is 31.2 Å². The Morgan fingerprint density at radius 1 is 1.26 bits per heavy atom. The first kappa shape index (κ1) is 26.5. The van der Waals surface area contributed by atoms with Gasteiger partial charge in [0.15, 0.2) is 0 Å². The van der Waals surface area contributed by atoms with Crippen molar-refractivity contribution in [1.82, 2.24) is 10.2 Å². The first-order valence-corrected chi connectivity index (χ1v) is 12.0. The zero-order chi connectivity index (χ0) is 25.9. The van der Waals surface area contributed by atoms with Crippen LogP contribution < -0.4 is 11.1 Å². The van der Waals surface area contributed by atoms with E-state index in [4.69, 9.17) is 15.6 Å². The molecule has 0 saturated heterocycles. The van der Waals surface area contributed by atoms with E-state index in [1.165, 1.54) is 4.90 Å². The summed E-state index contributed by atoms with van der Waals surface area (Å²) in [6.07, 6.45) is 1.26. The average molecular weight is 490 g/mol. The SMILES string of the molecule is CC(C)(C)OC(=O)N[C@@H]1[C@@H](Cc2ccc3c(c2)CN([C@@H](CCC(=O)O)C(N)=O)C3=O)CCC[C@@H]1O. The topological polar surface area (TPSA) is 159 Å². The van der Waals surface area contributed by atoms with Crippen LogP contribution in [0.2, 0.25) is 0 Å². The molecule has 2 aliphatic rings. The maximum absolute atomic E-state index is 12.9. The number of nitrogens with zero attached hydrogens (tertiary/aromatic N) is 1. The number of aliphatic carboxylic acids is 1. The Morgan fingerprint density at radius 3 is 2.60 bits per heavy atom. The lowest BCUT2D eigenvalue weighted by Gasteiger charge is -2.36. The number of alkyl carbamates (subject to hydrolysis) is 1. The molecule has 0 aromatic heterocycles. The third kappa shape index (κ3) is 6.72. The summed E-state index contributed by atoms with van der Waals surface area (Å²) in [7, 11) is 0. The number of ether oxygens (including phenoxy) is 1. The van der Waals surface area contributed by atoms with Crippen molar-refractivity contribution < 1.29 is 34.1 Å². The van der Waals surface area contributed by atoms with Crippen LogP contribution in [0.4, 0.5) is 4.79 Å². The Labute approximate surface area is 204 Å². The number of primary amides is 1. The molecular formula is C25H35N3O7. The van der Waals surface area contributed by atoms with Crippen molar-refractivity contribution in [2.24, 2.45) is 11.7 Å². The van der Waals surface area contributed by atoms with Gasteiger partial charge in [0.1, 0.15) is 11.6 Å². The summed E-state index contributed by atoms with van der Waals surface area (Å²) in [6, 6.07) is 3.99. The third-order valence-corrected chi connectivity index (χ3v) is 6.52. The van der Waals surface area contributed by atoms with Crippen molar-refractivity contribution in [1.29, 1.82) is 0 Å². The van der Waals surface area contributed by atoms with Crippen LogP contribution in [0.15, 0.2) is 18.2 Å². The molecule has 0 spiro atoms. The predicted molar refractivity (Wildman–Crippen MR) is 126 cm³/mol. The molecule has 1 saturated carbocycles. The highest BCUT2D eigenvalue weighted by Crippen LogP contribution is 2.31. The van der Waals surface area contributed by atoms with Gasteiger partial charge >= 0.3 is 12.1 Å². The van der Waals surface area contributed by atoms with Gasteiger partial charge in [0.2, 0.25) is 5.91 Å². The minimum absolute atomic E-state index is 0.0218. The van der Waals surface area contributed by atoms with Gasteiger partial charge in [-0.2, -0.15) is 0 Å². The van der Waals surface area contributed by atoms with Crippen molar-refractivity contribution >= 4 is 23.9 Å². The number of rotatable bonds is 8. The van der Waals surface area contributed by atoms with E-state index in [1.54, 1.807) is 26.8 Å². The molecule has 10 nitrogen and oxygen atoms in total. The van der Waals surface area contributed by atoms with E-state index in [0.717, 1.165) is 24.0 Å². The van der Waals surface area contributed by atoms with Crippen molar-refractivity contribution in [2.45, 2.75) is 89.6 Å². The van der Waals surface area contributed by atoms with Crippen molar-refractivity contribution in [2.75, 3.05) is 0 Å². The second kappa shape index (κ2) is 10.6. The highest BCUT2D eigenvalue weighted by Gasteiger charge is 2.37. The van der Waals surface area contributed by atoms with E-state index in [0.29, 0.717) is 18.4 Å². The number of hydrogen-bond acceptors (Lipinski definition) is 6. The fourth-order valence-corrected chi connectivity index (χ4v) is 4.94. The van der Waals surface area contributed by atoms with Gasteiger partial charge in [0.25, 0.3) is 5.91 Å². The molecule has 0 radical (unpaired) electrons. The van der Waals surface area contributed by atoms with E-state index < -0.39 is 41.8 Å². The van der Waals surface area contributed by atoms with Gasteiger partial charge in [0, 0.05) is 18.5 Å². The quantitative estimate of drug-likeness (QED) is 0.434. The summed E-state index contributed by atoms with van der Waals surface area (Å²) >= 11 is 0. The van der Waals surface area contributed by atoms with Gasteiger partial charge in [-0.3, -0.25) is 14.4 Å². The number of aliphatic hydroxyl groups is 1. The minimum Gasteiger partial charge on any atom is -0.481 e. The molecule has 1 aromatic carbocycles. The number of aliphatic hydroxyl groups excluding tert-OH is 1.